The van der Waals surface area contributed by atoms with Crippen molar-refractivity contribution < 1.29 is 19.5 Å². The molecule has 0 saturated carbocycles. The van der Waals surface area contributed by atoms with E-state index in [1.165, 1.54) is 0 Å². The number of thiol groups is 1. The van der Waals surface area contributed by atoms with Crippen molar-refractivity contribution >= 4 is 47.3 Å². The van der Waals surface area contributed by atoms with Gasteiger partial charge in [-0.3, -0.25) is 14.6 Å². The minimum Gasteiger partial charge on any atom is -0.480 e. The largest absolute Gasteiger partial charge is 0.480 e. The van der Waals surface area contributed by atoms with Crippen LogP contribution in [0.25, 0.3) is 10.9 Å². The molecule has 0 aliphatic heterocycles. The molecule has 10 N–H and O–H groups in total. The Morgan fingerprint density at radius 1 is 1.12 bits per heavy atom. The smallest absolute Gasteiger partial charge is 0.326 e. The first kappa shape index (κ1) is 25.0. The molecule has 0 aliphatic carbocycles. The maximum absolute atomic E-state index is 12.9. The molecule has 0 aliphatic rings. The second-order valence-electron chi connectivity index (χ2n) is 7.26. The molecule has 0 fully saturated rings. The van der Waals surface area contributed by atoms with Crippen molar-refractivity contribution in [3.05, 3.63) is 36.0 Å². The van der Waals surface area contributed by atoms with Gasteiger partial charge < -0.3 is 37.9 Å². The summed E-state index contributed by atoms with van der Waals surface area (Å²) in [6.45, 7) is 0.248. The molecule has 12 heteroatoms. The Bertz CT molecular complexity index is 974. The van der Waals surface area contributed by atoms with Crippen LogP contribution in [0.5, 0.6) is 0 Å². The van der Waals surface area contributed by atoms with E-state index >= 15 is 0 Å². The van der Waals surface area contributed by atoms with E-state index in [4.69, 9.17) is 17.2 Å². The van der Waals surface area contributed by atoms with Crippen LogP contribution in [-0.4, -0.2) is 64.3 Å². The fourth-order valence-electron chi connectivity index (χ4n) is 3.13. The number of para-hydroxylation sites is 1. The molecule has 1 aromatic heterocycles. The molecule has 174 valence electrons. The number of benzene rings is 1. The van der Waals surface area contributed by atoms with Gasteiger partial charge in [-0.1, -0.05) is 18.2 Å². The van der Waals surface area contributed by atoms with Crippen LogP contribution in [0.2, 0.25) is 0 Å². The molecule has 1 heterocycles. The lowest BCUT2D eigenvalue weighted by atomic mass is 10.0. The molecule has 2 rings (SSSR count). The van der Waals surface area contributed by atoms with E-state index in [0.29, 0.717) is 6.42 Å². The van der Waals surface area contributed by atoms with Crippen LogP contribution in [0.4, 0.5) is 0 Å². The number of carboxylic acid groups (broad SMARTS) is 1. The maximum Gasteiger partial charge on any atom is 0.326 e. The van der Waals surface area contributed by atoms with Crippen LogP contribution in [-0.2, 0) is 20.8 Å². The van der Waals surface area contributed by atoms with Crippen molar-refractivity contribution in [3.8, 4) is 0 Å². The number of nitrogens with two attached hydrogens (primary N) is 3. The van der Waals surface area contributed by atoms with Crippen LogP contribution in [0.3, 0.4) is 0 Å². The molecule has 2 aromatic rings. The molecule has 11 nitrogen and oxygen atoms in total. The zero-order chi connectivity index (χ0) is 23.7. The molecule has 0 spiro atoms. The number of H-pyrrole nitrogens is 1. The van der Waals surface area contributed by atoms with Gasteiger partial charge in [0.1, 0.15) is 12.1 Å². The summed E-state index contributed by atoms with van der Waals surface area (Å²) in [5.74, 6) is -2.39. The van der Waals surface area contributed by atoms with Crippen molar-refractivity contribution in [1.82, 2.24) is 15.6 Å². The van der Waals surface area contributed by atoms with E-state index < -0.39 is 35.9 Å². The Morgan fingerprint density at radius 2 is 1.81 bits per heavy atom. The number of nitrogens with zero attached hydrogens (tertiary/aromatic N) is 1. The lowest BCUT2D eigenvalue weighted by Gasteiger charge is -2.22. The van der Waals surface area contributed by atoms with Gasteiger partial charge in [-0.25, -0.2) is 4.79 Å². The molecule has 1 aromatic carbocycles. The Hall–Kier alpha value is -3.25. The summed E-state index contributed by atoms with van der Waals surface area (Å²) in [6, 6.07) is 4.34. The zero-order valence-corrected chi connectivity index (χ0v) is 18.3. The van der Waals surface area contributed by atoms with Gasteiger partial charge in [-0.2, -0.15) is 12.6 Å². The number of rotatable bonds is 12. The molecule has 2 amide bonds. The summed E-state index contributed by atoms with van der Waals surface area (Å²) in [6.07, 6.45) is 2.35. The van der Waals surface area contributed by atoms with Crippen molar-refractivity contribution in [2.24, 2.45) is 22.2 Å². The fraction of sp³-hybridized carbons (Fsp3) is 0.400. The third-order valence-electron chi connectivity index (χ3n) is 4.83. The van der Waals surface area contributed by atoms with Gasteiger partial charge in [-0.05, 0) is 24.5 Å². The highest BCUT2D eigenvalue weighted by Gasteiger charge is 2.28. The molecule has 3 unspecified atom stereocenters. The van der Waals surface area contributed by atoms with Crippen molar-refractivity contribution in [2.75, 3.05) is 12.3 Å². The number of hydrogen-bond acceptors (Lipinski definition) is 6. The second-order valence-corrected chi connectivity index (χ2v) is 7.63. The summed E-state index contributed by atoms with van der Waals surface area (Å²) in [7, 11) is 0. The zero-order valence-electron chi connectivity index (χ0n) is 17.5. The number of aliphatic imine (C=N–C) groups is 1. The van der Waals surface area contributed by atoms with E-state index in [1.54, 1.807) is 6.20 Å². The lowest BCUT2D eigenvalue weighted by molar-refractivity contribution is -0.142. The monoisotopic (exact) mass is 463 g/mol. The number of carbonyl (C=O) groups excluding carboxylic acids is 2. The van der Waals surface area contributed by atoms with E-state index in [0.717, 1.165) is 16.5 Å². The minimum absolute atomic E-state index is 0.0654. The summed E-state index contributed by atoms with van der Waals surface area (Å²) < 4.78 is 0. The first-order chi connectivity index (χ1) is 15.2. The minimum atomic E-state index is -1.20. The van der Waals surface area contributed by atoms with Gasteiger partial charge in [0.25, 0.3) is 0 Å². The summed E-state index contributed by atoms with van der Waals surface area (Å²) in [5, 5.41) is 15.6. The molecule has 0 radical (unpaired) electrons. The van der Waals surface area contributed by atoms with Crippen LogP contribution in [0, 0.1) is 0 Å². The third-order valence-corrected chi connectivity index (χ3v) is 5.22. The SMILES string of the molecule is NC(N)=NCCCC(NC(=O)C(N)CS)C(=O)NC(Cc1c[nH]c2ccccc12)C(=O)O. The number of carboxylic acids is 1. The molecular weight excluding hydrogens is 434 g/mol. The number of aliphatic carboxylic acids is 1. The highest BCUT2D eigenvalue weighted by Crippen LogP contribution is 2.19. The molecule has 0 saturated heterocycles. The highest BCUT2D eigenvalue weighted by molar-refractivity contribution is 7.80. The van der Waals surface area contributed by atoms with Crippen LogP contribution in [0.1, 0.15) is 18.4 Å². The molecular formula is C20H29N7O4S. The van der Waals surface area contributed by atoms with Gasteiger partial charge in [0.2, 0.25) is 11.8 Å². The van der Waals surface area contributed by atoms with Crippen LogP contribution in [0.15, 0.2) is 35.5 Å². The van der Waals surface area contributed by atoms with Crippen molar-refractivity contribution in [3.63, 3.8) is 0 Å². The normalized spacial score (nSPS) is 13.7. The standard InChI is InChI=1S/C20H29N7O4S/c21-13(10-32)17(28)26-15(6-3-7-24-20(22)23)18(29)27-16(19(30)31)8-11-9-25-14-5-2-1-4-12(11)14/h1-2,4-5,9,13,15-16,25,32H,3,6-8,10,21H2,(H,26,28)(H,27,29)(H,30,31)(H4,22,23,24). The molecule has 0 bridgehead atoms. The lowest BCUT2D eigenvalue weighted by Crippen LogP contribution is -2.55. The van der Waals surface area contributed by atoms with Crippen LogP contribution >= 0.6 is 12.6 Å². The second kappa shape index (κ2) is 12.0. The Kier molecular flexibility index (Phi) is 9.35. The predicted molar refractivity (Wildman–Crippen MR) is 125 cm³/mol. The first-order valence-electron chi connectivity index (χ1n) is 10.0. The number of amides is 2. The number of carbonyl (C=O) groups is 3. The number of hydrogen-bond donors (Lipinski definition) is 8. The fourth-order valence-corrected chi connectivity index (χ4v) is 3.29. The van der Waals surface area contributed by atoms with Gasteiger partial charge in [-0.15, -0.1) is 0 Å². The highest BCUT2D eigenvalue weighted by atomic mass is 32.1. The Balaban J connectivity index is 2.12. The number of aromatic amines is 1. The van der Waals surface area contributed by atoms with E-state index in [2.05, 4.69) is 33.2 Å². The van der Waals surface area contributed by atoms with Crippen molar-refractivity contribution in [2.45, 2.75) is 37.4 Å². The Morgan fingerprint density at radius 3 is 2.47 bits per heavy atom. The average molecular weight is 464 g/mol. The maximum atomic E-state index is 12.9. The van der Waals surface area contributed by atoms with Gasteiger partial charge in [0, 0.05) is 35.8 Å². The molecule has 32 heavy (non-hydrogen) atoms. The van der Waals surface area contributed by atoms with E-state index in [1.807, 2.05) is 24.3 Å². The van der Waals surface area contributed by atoms with Crippen LogP contribution < -0.4 is 27.8 Å². The quantitative estimate of drug-likeness (QED) is 0.0859. The first-order valence-corrected chi connectivity index (χ1v) is 10.7. The summed E-state index contributed by atoms with van der Waals surface area (Å²) >= 11 is 3.99. The summed E-state index contributed by atoms with van der Waals surface area (Å²) in [5.41, 5.74) is 17.9. The third kappa shape index (κ3) is 7.17. The topological polar surface area (TPSA) is 202 Å². The van der Waals surface area contributed by atoms with E-state index in [-0.39, 0.29) is 31.1 Å². The van der Waals surface area contributed by atoms with E-state index in [9.17, 15) is 19.5 Å². The van der Waals surface area contributed by atoms with Gasteiger partial charge in [0.15, 0.2) is 5.96 Å². The summed E-state index contributed by atoms with van der Waals surface area (Å²) in [4.78, 5) is 43.9. The van der Waals surface area contributed by atoms with Gasteiger partial charge >= 0.3 is 5.97 Å². The average Bonchev–Trinajstić information content (AvgIpc) is 3.17. The predicted octanol–water partition coefficient (Wildman–Crippen LogP) is -0.925. The van der Waals surface area contributed by atoms with Crippen molar-refractivity contribution in [1.29, 1.82) is 0 Å². The molecule has 3 atom stereocenters. The number of nitrogens with one attached hydrogen (secondary N) is 3. The number of aromatic nitrogens is 1. The number of fused-ring (bicyclic) bond motifs is 1. The Labute approximate surface area is 190 Å². The van der Waals surface area contributed by atoms with Gasteiger partial charge in [0.05, 0.1) is 6.04 Å². The number of guanidine groups is 1.